The lowest BCUT2D eigenvalue weighted by Crippen LogP contribution is -2.19. The van der Waals surface area contributed by atoms with Crippen LogP contribution in [0.3, 0.4) is 0 Å². The van der Waals surface area contributed by atoms with E-state index in [2.05, 4.69) is 10.0 Å². The maximum absolute atomic E-state index is 10.3. The van der Waals surface area contributed by atoms with Crippen molar-refractivity contribution in [2.45, 2.75) is 25.6 Å². The fraction of sp³-hybridized carbons (Fsp3) is 0.333. The number of aliphatic hydroxyl groups is 2. The summed E-state index contributed by atoms with van der Waals surface area (Å²) in [5.41, 5.74) is 10.0. The third-order valence-electron chi connectivity index (χ3n) is 3.45. The molecule has 0 fully saturated rings. The van der Waals surface area contributed by atoms with Crippen LogP contribution in [0.25, 0.3) is 21.2 Å². The van der Waals surface area contributed by atoms with Crippen LogP contribution in [0.2, 0.25) is 0 Å². The molecule has 2 rings (SSSR count). The van der Waals surface area contributed by atoms with Crippen molar-refractivity contribution in [2.24, 2.45) is 5.11 Å². The van der Waals surface area contributed by atoms with E-state index < -0.39 is 12.2 Å². The minimum Gasteiger partial charge on any atom is -0.390 e. The molecule has 2 aromatic rings. The summed E-state index contributed by atoms with van der Waals surface area (Å²) in [7, 11) is 0. The SMILES string of the molecule is Cc1ccc(C(O)C(O)CCN=[N+]=[N-])c2ccccc12. The van der Waals surface area contributed by atoms with Crippen LogP contribution in [0.5, 0.6) is 0 Å². The summed E-state index contributed by atoms with van der Waals surface area (Å²) in [6.45, 7) is 2.18. The van der Waals surface area contributed by atoms with Crippen molar-refractivity contribution in [3.05, 3.63) is 58.0 Å². The molecule has 0 aliphatic heterocycles. The molecular weight excluding hydrogens is 254 g/mol. The Kier molecular flexibility index (Phi) is 4.58. The van der Waals surface area contributed by atoms with Crippen molar-refractivity contribution in [1.29, 1.82) is 0 Å². The molecule has 0 saturated heterocycles. The Hall–Kier alpha value is -2.07. The van der Waals surface area contributed by atoms with Gasteiger partial charge in [-0.1, -0.05) is 41.5 Å². The van der Waals surface area contributed by atoms with Gasteiger partial charge >= 0.3 is 0 Å². The van der Waals surface area contributed by atoms with Crippen LogP contribution in [-0.2, 0) is 0 Å². The first-order valence-electron chi connectivity index (χ1n) is 6.50. The van der Waals surface area contributed by atoms with Gasteiger partial charge in [0.2, 0.25) is 0 Å². The van der Waals surface area contributed by atoms with Gasteiger partial charge in [-0.3, -0.25) is 0 Å². The first-order valence-corrected chi connectivity index (χ1v) is 6.50. The molecule has 0 amide bonds. The van der Waals surface area contributed by atoms with E-state index in [1.165, 1.54) is 0 Å². The van der Waals surface area contributed by atoms with Gasteiger partial charge in [-0.25, -0.2) is 0 Å². The highest BCUT2D eigenvalue weighted by atomic mass is 16.3. The molecule has 2 N–H and O–H groups in total. The summed E-state index contributed by atoms with van der Waals surface area (Å²) in [5, 5.41) is 25.7. The zero-order valence-corrected chi connectivity index (χ0v) is 11.3. The fourth-order valence-corrected chi connectivity index (χ4v) is 2.33. The predicted octanol–water partition coefficient (Wildman–Crippen LogP) is 3.24. The van der Waals surface area contributed by atoms with Gasteiger partial charge in [0.1, 0.15) is 6.10 Å². The Morgan fingerprint density at radius 1 is 1.15 bits per heavy atom. The molecule has 2 aromatic carbocycles. The van der Waals surface area contributed by atoms with Crippen LogP contribution in [0.15, 0.2) is 41.5 Å². The molecule has 5 nitrogen and oxygen atoms in total. The molecule has 20 heavy (non-hydrogen) atoms. The van der Waals surface area contributed by atoms with Gasteiger partial charge in [-0.2, -0.15) is 0 Å². The number of azide groups is 1. The van der Waals surface area contributed by atoms with Crippen molar-refractivity contribution in [3.63, 3.8) is 0 Å². The van der Waals surface area contributed by atoms with Crippen LogP contribution in [-0.4, -0.2) is 22.9 Å². The van der Waals surface area contributed by atoms with Gasteiger partial charge in [0, 0.05) is 11.5 Å². The lowest BCUT2D eigenvalue weighted by atomic mass is 9.94. The number of benzene rings is 2. The second-order valence-corrected chi connectivity index (χ2v) is 4.77. The number of aliphatic hydroxyl groups excluding tert-OH is 2. The summed E-state index contributed by atoms with van der Waals surface area (Å²) >= 11 is 0. The smallest absolute Gasteiger partial charge is 0.105 e. The van der Waals surface area contributed by atoms with E-state index in [1.54, 1.807) is 0 Å². The van der Waals surface area contributed by atoms with Crippen molar-refractivity contribution in [3.8, 4) is 0 Å². The van der Waals surface area contributed by atoms with Crippen molar-refractivity contribution < 1.29 is 10.2 Å². The molecule has 0 spiro atoms. The quantitative estimate of drug-likeness (QED) is 0.496. The van der Waals surface area contributed by atoms with Crippen LogP contribution in [0.1, 0.15) is 23.7 Å². The lowest BCUT2D eigenvalue weighted by Gasteiger charge is -2.19. The van der Waals surface area contributed by atoms with Gasteiger partial charge in [0.15, 0.2) is 0 Å². The van der Waals surface area contributed by atoms with Crippen LogP contribution >= 0.6 is 0 Å². The Bertz CT molecular complexity index is 651. The molecule has 104 valence electrons. The van der Waals surface area contributed by atoms with Gasteiger partial charge in [0.05, 0.1) is 6.10 Å². The van der Waals surface area contributed by atoms with E-state index in [0.29, 0.717) is 5.56 Å². The zero-order chi connectivity index (χ0) is 14.5. The summed E-state index contributed by atoms with van der Waals surface area (Å²) < 4.78 is 0. The van der Waals surface area contributed by atoms with Crippen molar-refractivity contribution in [1.82, 2.24) is 0 Å². The van der Waals surface area contributed by atoms with Crippen LogP contribution < -0.4 is 0 Å². The Morgan fingerprint density at radius 2 is 1.85 bits per heavy atom. The van der Waals surface area contributed by atoms with Gasteiger partial charge in [0.25, 0.3) is 0 Å². The van der Waals surface area contributed by atoms with Gasteiger partial charge in [-0.15, -0.1) is 0 Å². The number of rotatable bonds is 5. The highest BCUT2D eigenvalue weighted by Gasteiger charge is 2.20. The third kappa shape index (κ3) is 2.91. The minimum atomic E-state index is -0.991. The maximum Gasteiger partial charge on any atom is 0.105 e. The van der Waals surface area contributed by atoms with Crippen LogP contribution in [0, 0.1) is 6.92 Å². The van der Waals surface area contributed by atoms with Gasteiger partial charge in [-0.05, 0) is 40.8 Å². The maximum atomic E-state index is 10.3. The normalized spacial score (nSPS) is 13.8. The van der Waals surface area contributed by atoms with Crippen LogP contribution in [0.4, 0.5) is 0 Å². The molecule has 0 radical (unpaired) electrons. The molecule has 0 aliphatic carbocycles. The number of hydrogen-bond donors (Lipinski definition) is 2. The second-order valence-electron chi connectivity index (χ2n) is 4.77. The molecule has 2 atom stereocenters. The standard InChI is InChI=1S/C15H17N3O2/c1-10-6-7-13(12-5-3-2-4-11(10)12)15(20)14(19)8-9-17-18-16/h2-7,14-15,19-20H,8-9H2,1H3. The van der Waals surface area contributed by atoms with Crippen molar-refractivity contribution >= 4 is 10.8 Å². The first-order chi connectivity index (χ1) is 9.65. The predicted molar refractivity (Wildman–Crippen MR) is 78.3 cm³/mol. The summed E-state index contributed by atoms with van der Waals surface area (Å²) in [6.07, 6.45) is -1.71. The first kappa shape index (κ1) is 14.3. The topological polar surface area (TPSA) is 89.2 Å². The molecule has 5 heteroatoms. The van der Waals surface area contributed by atoms with E-state index in [0.717, 1.165) is 16.3 Å². The zero-order valence-electron chi connectivity index (χ0n) is 11.3. The summed E-state index contributed by atoms with van der Waals surface area (Å²) in [4.78, 5) is 2.63. The molecule has 0 aromatic heterocycles. The number of hydrogen-bond acceptors (Lipinski definition) is 3. The summed E-state index contributed by atoms with van der Waals surface area (Å²) in [6, 6.07) is 11.5. The van der Waals surface area contributed by atoms with E-state index >= 15 is 0 Å². The fourth-order valence-electron chi connectivity index (χ4n) is 2.33. The van der Waals surface area contributed by atoms with Crippen molar-refractivity contribution in [2.75, 3.05) is 6.54 Å². The third-order valence-corrected chi connectivity index (χ3v) is 3.45. The lowest BCUT2D eigenvalue weighted by molar-refractivity contribution is 0.0159. The molecule has 0 aliphatic rings. The Labute approximate surface area is 117 Å². The molecule has 0 bridgehead atoms. The van der Waals surface area contributed by atoms with E-state index in [4.69, 9.17) is 5.53 Å². The average molecular weight is 271 g/mol. The number of aryl methyl sites for hydroxylation is 1. The number of nitrogens with zero attached hydrogens (tertiary/aromatic N) is 3. The monoisotopic (exact) mass is 271 g/mol. The number of fused-ring (bicyclic) bond motifs is 1. The van der Waals surface area contributed by atoms with E-state index in [9.17, 15) is 10.2 Å². The molecule has 2 unspecified atom stereocenters. The summed E-state index contributed by atoms with van der Waals surface area (Å²) in [5.74, 6) is 0. The van der Waals surface area contributed by atoms with E-state index in [-0.39, 0.29) is 13.0 Å². The molecular formula is C15H17N3O2. The highest BCUT2D eigenvalue weighted by Crippen LogP contribution is 2.29. The average Bonchev–Trinajstić information content (AvgIpc) is 2.47. The minimum absolute atomic E-state index is 0.165. The highest BCUT2D eigenvalue weighted by molar-refractivity contribution is 5.88. The Morgan fingerprint density at radius 3 is 2.55 bits per heavy atom. The molecule has 0 saturated carbocycles. The van der Waals surface area contributed by atoms with Gasteiger partial charge < -0.3 is 10.2 Å². The Balaban J connectivity index is 2.32. The van der Waals surface area contributed by atoms with E-state index in [1.807, 2.05) is 43.3 Å². The molecule has 0 heterocycles. The second kappa shape index (κ2) is 6.39. The largest absolute Gasteiger partial charge is 0.390 e.